The minimum atomic E-state index is 0. The maximum Gasteiger partial charge on any atom is -0.0809 e. The summed E-state index contributed by atoms with van der Waals surface area (Å²) in [6.45, 7) is 0. The first kappa shape index (κ1) is 25.4. The van der Waals surface area contributed by atoms with Crippen LogP contribution in [0.1, 0.15) is 32.1 Å². The molecule has 0 amide bonds. The van der Waals surface area contributed by atoms with E-state index in [1.165, 1.54) is 46.3 Å². The molecule has 0 aromatic heterocycles. The first-order valence-corrected chi connectivity index (χ1v) is 15.1. The molecule has 4 heteroatoms. The molecule has 0 aliphatic heterocycles. The van der Waals surface area contributed by atoms with E-state index in [0.29, 0.717) is 0 Å². The predicted molar refractivity (Wildman–Crippen MR) is 113 cm³/mol. The minimum absolute atomic E-state index is 0. The van der Waals surface area contributed by atoms with Gasteiger partial charge in [0.25, 0.3) is 0 Å². The van der Waals surface area contributed by atoms with Crippen molar-refractivity contribution in [2.75, 3.05) is 0 Å². The first-order chi connectivity index (χ1) is 12.9. The zero-order chi connectivity index (χ0) is 18.0. The molecule has 0 radical (unpaired) electrons. The molecule has 0 atom stereocenters. The third-order valence-electron chi connectivity index (χ3n) is 4.98. The molecule has 146 valence electrons. The summed E-state index contributed by atoms with van der Waals surface area (Å²) in [7, 11) is 0. The van der Waals surface area contributed by atoms with Crippen molar-refractivity contribution in [3.05, 3.63) is 84.9 Å². The average Bonchev–Trinajstić information content (AvgIpc) is 3.38. The number of halogens is 2. The van der Waals surface area contributed by atoms with Gasteiger partial charge in [-0.2, -0.15) is 35.0 Å². The van der Waals surface area contributed by atoms with Crippen LogP contribution in [0.2, 0.25) is 5.54 Å². The Kier molecular flexibility index (Phi) is 13.0. The SMILES string of the molecule is [Cl-].[Cl-].[Zr+2]=[SiH]C1CCCCC1.c1ccc2[cH-]ccc2c1.c1ccc2[cH-]ccc2c1. The molecule has 5 rings (SSSR count). The van der Waals surface area contributed by atoms with Gasteiger partial charge >= 0.3 is 67.1 Å². The molecule has 0 N–H and O–H groups in total. The normalized spacial score (nSPS) is 13.2. The zero-order valence-corrected chi connectivity index (χ0v) is 21.2. The Bertz CT molecular complexity index is 796. The van der Waals surface area contributed by atoms with Crippen molar-refractivity contribution in [3.63, 3.8) is 0 Å². The van der Waals surface area contributed by atoms with E-state index in [2.05, 4.69) is 84.9 Å². The van der Waals surface area contributed by atoms with Gasteiger partial charge < -0.3 is 24.8 Å². The zero-order valence-electron chi connectivity index (χ0n) is 16.0. The smallest absolute Gasteiger partial charge is 0.0809 e. The van der Waals surface area contributed by atoms with Crippen molar-refractivity contribution in [1.82, 2.24) is 0 Å². The van der Waals surface area contributed by atoms with E-state index in [0.717, 1.165) is 6.16 Å². The summed E-state index contributed by atoms with van der Waals surface area (Å²) in [5, 5.41) is 5.32. The fraction of sp³-hybridized carbons (Fsp3) is 0.250. The molecular formula is C24H26Cl2SiZr-2. The quantitative estimate of drug-likeness (QED) is 0.265. The predicted octanol–water partition coefficient (Wildman–Crippen LogP) is 0.763. The summed E-state index contributed by atoms with van der Waals surface area (Å²) in [6.07, 6.45) is 8.60. The van der Waals surface area contributed by atoms with Gasteiger partial charge in [0, 0.05) is 0 Å². The maximum atomic E-state index is 2.12. The second-order valence-corrected chi connectivity index (χ2v) is 10.6. The monoisotopic (exact) mass is 502 g/mol. The van der Waals surface area contributed by atoms with Crippen LogP contribution in [-0.2, 0) is 23.3 Å². The van der Waals surface area contributed by atoms with Gasteiger partial charge in [-0.3, -0.25) is 0 Å². The number of fused-ring (bicyclic) bond motifs is 2. The molecule has 0 bridgehead atoms. The van der Waals surface area contributed by atoms with E-state index < -0.39 is 0 Å². The molecule has 0 saturated heterocycles. The first-order valence-electron chi connectivity index (χ1n) is 9.58. The van der Waals surface area contributed by atoms with Gasteiger partial charge in [0.2, 0.25) is 0 Å². The molecule has 4 aromatic carbocycles. The van der Waals surface area contributed by atoms with Crippen LogP contribution >= 0.6 is 0 Å². The Labute approximate surface area is 197 Å². The van der Waals surface area contributed by atoms with Gasteiger partial charge in [-0.05, 0) is 0 Å². The van der Waals surface area contributed by atoms with E-state index >= 15 is 0 Å². The number of hydrogen-bond acceptors (Lipinski definition) is 0. The largest absolute Gasteiger partial charge is 0.168 e. The molecular weight excluding hydrogens is 478 g/mol. The Morgan fingerprint density at radius 1 is 0.679 bits per heavy atom. The van der Waals surface area contributed by atoms with Crippen molar-refractivity contribution in [2.24, 2.45) is 0 Å². The summed E-state index contributed by atoms with van der Waals surface area (Å²) in [6, 6.07) is 29.3. The van der Waals surface area contributed by atoms with Crippen molar-refractivity contribution in [2.45, 2.75) is 37.6 Å². The van der Waals surface area contributed by atoms with Crippen LogP contribution in [0.4, 0.5) is 0 Å². The Morgan fingerprint density at radius 2 is 1.14 bits per heavy atom. The van der Waals surface area contributed by atoms with Gasteiger partial charge in [0.05, 0.1) is 0 Å². The summed E-state index contributed by atoms with van der Waals surface area (Å²) < 4.78 is 0. The molecule has 4 aromatic rings. The van der Waals surface area contributed by atoms with Crippen LogP contribution in [0.5, 0.6) is 0 Å². The average molecular weight is 505 g/mol. The maximum absolute atomic E-state index is 2.12. The van der Waals surface area contributed by atoms with Crippen LogP contribution in [0, 0.1) is 0 Å². The van der Waals surface area contributed by atoms with Crippen molar-refractivity contribution < 1.29 is 48.1 Å². The molecule has 0 unspecified atom stereocenters. The van der Waals surface area contributed by atoms with Crippen molar-refractivity contribution >= 4 is 27.7 Å². The van der Waals surface area contributed by atoms with Gasteiger partial charge in [-0.15, -0.1) is 59.3 Å². The fourth-order valence-corrected chi connectivity index (χ4v) is 6.70. The van der Waals surface area contributed by atoms with Gasteiger partial charge in [-0.1, -0.05) is 12.1 Å². The Hall–Kier alpha value is -0.660. The molecule has 0 spiro atoms. The molecule has 1 aliphatic rings. The summed E-state index contributed by atoms with van der Waals surface area (Å²) in [5.41, 5.74) is 1.21. The third-order valence-corrected chi connectivity index (χ3v) is 9.59. The third kappa shape index (κ3) is 7.99. The van der Waals surface area contributed by atoms with E-state index in [4.69, 9.17) is 0 Å². The van der Waals surface area contributed by atoms with E-state index in [1.807, 2.05) is 23.3 Å². The second-order valence-electron chi connectivity index (χ2n) is 6.87. The summed E-state index contributed by atoms with van der Waals surface area (Å²) in [4.78, 5) is 0. The molecule has 28 heavy (non-hydrogen) atoms. The van der Waals surface area contributed by atoms with Gasteiger partial charge in [-0.25, -0.2) is 0 Å². The minimum Gasteiger partial charge on any atom is -0.168 e. The topological polar surface area (TPSA) is 0 Å². The van der Waals surface area contributed by atoms with Crippen molar-refractivity contribution in [3.8, 4) is 0 Å². The molecule has 1 aliphatic carbocycles. The molecule has 1 saturated carbocycles. The Morgan fingerprint density at radius 3 is 1.54 bits per heavy atom. The van der Waals surface area contributed by atoms with E-state index in [9.17, 15) is 0 Å². The second kappa shape index (κ2) is 14.3. The number of benzene rings is 2. The van der Waals surface area contributed by atoms with Crippen LogP contribution in [0.15, 0.2) is 84.9 Å². The number of rotatable bonds is 1. The van der Waals surface area contributed by atoms with Gasteiger partial charge in [0.1, 0.15) is 0 Å². The Balaban J connectivity index is 0.000000203. The molecule has 1 fully saturated rings. The number of hydrogen-bond donors (Lipinski definition) is 0. The van der Waals surface area contributed by atoms with Crippen LogP contribution in [0.25, 0.3) is 21.5 Å². The van der Waals surface area contributed by atoms with Gasteiger partial charge in [0.15, 0.2) is 0 Å². The van der Waals surface area contributed by atoms with Crippen molar-refractivity contribution in [1.29, 1.82) is 0 Å². The summed E-state index contributed by atoms with van der Waals surface area (Å²) >= 11 is 1.82. The fourth-order valence-electron chi connectivity index (χ4n) is 3.44. The van der Waals surface area contributed by atoms with Crippen LogP contribution < -0.4 is 24.8 Å². The summed E-state index contributed by atoms with van der Waals surface area (Å²) in [5.74, 6) is 0. The standard InChI is InChI=1S/2C9H7.C6H12Si.2ClH.Zr/c2*1-2-5-9-7-3-6-8(9)4-1;7-6-4-2-1-3-5-6;;;/h2*1-7H;6-7H,1-5H2;2*1H;/q2*-1;;;;+2/p-2. The van der Waals surface area contributed by atoms with E-state index in [1.54, 1.807) is 12.8 Å². The van der Waals surface area contributed by atoms with Crippen LogP contribution in [-0.4, -0.2) is 6.16 Å². The molecule has 0 nitrogen and oxygen atoms in total. The van der Waals surface area contributed by atoms with Crippen LogP contribution in [0.3, 0.4) is 0 Å². The molecule has 0 heterocycles. The van der Waals surface area contributed by atoms with E-state index in [-0.39, 0.29) is 24.8 Å².